The second-order valence-corrected chi connectivity index (χ2v) is 7.98. The molecule has 1 aromatic heterocycles. The summed E-state index contributed by atoms with van der Waals surface area (Å²) in [6, 6.07) is 17.3. The van der Waals surface area contributed by atoms with Gasteiger partial charge < -0.3 is 9.47 Å². The van der Waals surface area contributed by atoms with Crippen LogP contribution in [0.3, 0.4) is 0 Å². The summed E-state index contributed by atoms with van der Waals surface area (Å²) in [4.78, 5) is 28.5. The second kappa shape index (κ2) is 8.71. The summed E-state index contributed by atoms with van der Waals surface area (Å²) < 4.78 is 12.5. The monoisotopic (exact) mass is 410 g/mol. The van der Waals surface area contributed by atoms with Crippen molar-refractivity contribution in [3.63, 3.8) is 0 Å². The molecule has 3 aromatic rings. The van der Waals surface area contributed by atoms with Gasteiger partial charge in [-0.1, -0.05) is 42.1 Å². The van der Waals surface area contributed by atoms with Crippen molar-refractivity contribution < 1.29 is 9.47 Å². The van der Waals surface area contributed by atoms with Crippen LogP contribution in [-0.4, -0.2) is 16.7 Å². The lowest BCUT2D eigenvalue weighted by atomic mass is 10.2. The molecule has 0 bridgehead atoms. The number of hydrogen-bond acceptors (Lipinski definition) is 5. The average molecular weight is 410 g/mol. The topological polar surface area (TPSA) is 73.3 Å². The van der Waals surface area contributed by atoms with Gasteiger partial charge in [-0.2, -0.15) is 0 Å². The van der Waals surface area contributed by atoms with Crippen LogP contribution in [0.15, 0.2) is 74.1 Å². The zero-order chi connectivity index (χ0) is 20.2. The van der Waals surface area contributed by atoms with Gasteiger partial charge in [0.1, 0.15) is 12.5 Å². The molecule has 2 aromatic carbocycles. The summed E-state index contributed by atoms with van der Waals surface area (Å²) in [6.07, 6.45) is 1.92. The van der Waals surface area contributed by atoms with Crippen molar-refractivity contribution in [1.82, 2.24) is 9.55 Å². The van der Waals surface area contributed by atoms with Gasteiger partial charge in [-0.15, -0.1) is 0 Å². The molecule has 1 heterocycles. The van der Waals surface area contributed by atoms with E-state index in [1.165, 1.54) is 16.3 Å². The largest absolute Gasteiger partial charge is 0.497 e. The van der Waals surface area contributed by atoms with Crippen molar-refractivity contribution in [1.29, 1.82) is 0 Å². The molecule has 0 spiro atoms. The molecular weight excluding hydrogens is 388 g/mol. The highest BCUT2D eigenvalue weighted by atomic mass is 32.2. The molecule has 0 radical (unpaired) electrons. The smallest absolute Gasteiger partial charge is 0.331 e. The quantitative estimate of drug-likeness (QED) is 0.573. The highest BCUT2D eigenvalue weighted by Gasteiger charge is 2.31. The second-order valence-electron chi connectivity index (χ2n) is 6.92. The molecule has 1 fully saturated rings. The van der Waals surface area contributed by atoms with Crippen LogP contribution in [0.2, 0.25) is 0 Å². The number of nitrogens with one attached hydrogen (secondary N) is 1. The molecule has 0 atom stereocenters. The fraction of sp³-hybridized carbons (Fsp3) is 0.273. The summed E-state index contributed by atoms with van der Waals surface area (Å²) in [5.74, 6) is 0.951. The number of ether oxygens (including phenoxy) is 2. The Labute approximate surface area is 172 Å². The fourth-order valence-corrected chi connectivity index (χ4v) is 4.22. The summed E-state index contributed by atoms with van der Waals surface area (Å²) >= 11 is 1.41. The third kappa shape index (κ3) is 4.63. The maximum Gasteiger partial charge on any atom is 0.331 e. The minimum absolute atomic E-state index is 0.0721. The van der Waals surface area contributed by atoms with Crippen LogP contribution in [-0.2, 0) is 18.1 Å². The number of H-pyrrole nitrogens is 1. The summed E-state index contributed by atoms with van der Waals surface area (Å²) in [6.45, 7) is 0.459. The SMILES string of the molecule is COc1ccc(Sc2c(C3CC3)c(=O)[nH]c(=O)n2COCc2ccccc2)cc1. The minimum atomic E-state index is -0.455. The van der Waals surface area contributed by atoms with Gasteiger partial charge in [-0.25, -0.2) is 4.79 Å². The number of methoxy groups -OCH3 is 1. The molecule has 0 aliphatic heterocycles. The number of nitrogens with zero attached hydrogens (tertiary/aromatic N) is 1. The van der Waals surface area contributed by atoms with Gasteiger partial charge in [-0.3, -0.25) is 14.3 Å². The van der Waals surface area contributed by atoms with Gasteiger partial charge in [0.2, 0.25) is 0 Å². The normalized spacial score (nSPS) is 13.4. The molecule has 4 rings (SSSR count). The van der Waals surface area contributed by atoms with Crippen LogP contribution in [0.4, 0.5) is 0 Å². The molecule has 0 amide bonds. The molecule has 150 valence electrons. The lowest BCUT2D eigenvalue weighted by molar-refractivity contribution is 0.0550. The van der Waals surface area contributed by atoms with Crippen molar-refractivity contribution >= 4 is 11.8 Å². The Morgan fingerprint density at radius 1 is 1.07 bits per heavy atom. The van der Waals surface area contributed by atoms with E-state index in [4.69, 9.17) is 9.47 Å². The Morgan fingerprint density at radius 2 is 1.79 bits per heavy atom. The Bertz CT molecular complexity index is 1090. The number of benzene rings is 2. The average Bonchev–Trinajstić information content (AvgIpc) is 3.56. The van der Waals surface area contributed by atoms with E-state index in [9.17, 15) is 9.59 Å². The predicted molar refractivity (Wildman–Crippen MR) is 112 cm³/mol. The Hall–Kier alpha value is -2.77. The number of aromatic amines is 1. The van der Waals surface area contributed by atoms with Crippen molar-refractivity contribution in [2.75, 3.05) is 7.11 Å². The van der Waals surface area contributed by atoms with Crippen molar-refractivity contribution in [2.45, 2.75) is 42.0 Å². The van der Waals surface area contributed by atoms with E-state index in [1.54, 1.807) is 7.11 Å². The number of hydrogen-bond donors (Lipinski definition) is 1. The van der Waals surface area contributed by atoms with Crippen molar-refractivity contribution in [2.24, 2.45) is 0 Å². The molecule has 7 heteroatoms. The molecule has 0 unspecified atom stereocenters. The summed E-state index contributed by atoms with van der Waals surface area (Å²) in [5, 5.41) is 0.652. The van der Waals surface area contributed by atoms with E-state index in [1.807, 2.05) is 54.6 Å². The summed E-state index contributed by atoms with van der Waals surface area (Å²) in [5.41, 5.74) is 0.946. The lowest BCUT2D eigenvalue weighted by Crippen LogP contribution is -2.34. The number of rotatable bonds is 8. The van der Waals surface area contributed by atoms with E-state index in [2.05, 4.69) is 4.98 Å². The first kappa shape index (κ1) is 19.5. The first-order valence-electron chi connectivity index (χ1n) is 9.46. The number of aromatic nitrogens is 2. The summed E-state index contributed by atoms with van der Waals surface area (Å²) in [7, 11) is 1.62. The molecule has 6 nitrogen and oxygen atoms in total. The van der Waals surface area contributed by atoms with E-state index >= 15 is 0 Å². The highest BCUT2D eigenvalue weighted by Crippen LogP contribution is 2.43. The lowest BCUT2D eigenvalue weighted by Gasteiger charge is -2.16. The van der Waals surface area contributed by atoms with E-state index in [0.29, 0.717) is 17.2 Å². The van der Waals surface area contributed by atoms with Gasteiger partial charge in [-0.05, 0) is 48.6 Å². The van der Waals surface area contributed by atoms with Gasteiger partial charge >= 0.3 is 5.69 Å². The third-order valence-corrected chi connectivity index (χ3v) is 5.92. The van der Waals surface area contributed by atoms with E-state index in [0.717, 1.165) is 29.1 Å². The maximum atomic E-state index is 12.6. The van der Waals surface area contributed by atoms with Crippen LogP contribution in [0, 0.1) is 0 Å². The Kier molecular flexibility index (Phi) is 5.87. The Morgan fingerprint density at radius 3 is 2.45 bits per heavy atom. The Balaban J connectivity index is 1.64. The first-order chi connectivity index (χ1) is 14.2. The van der Waals surface area contributed by atoms with Crippen LogP contribution in [0.5, 0.6) is 5.75 Å². The zero-order valence-electron chi connectivity index (χ0n) is 16.1. The van der Waals surface area contributed by atoms with Crippen LogP contribution in [0.1, 0.15) is 29.9 Å². The molecule has 1 saturated carbocycles. The molecular formula is C22H22N2O4S. The van der Waals surface area contributed by atoms with Gasteiger partial charge in [0.25, 0.3) is 5.56 Å². The van der Waals surface area contributed by atoms with Gasteiger partial charge in [0, 0.05) is 4.90 Å². The highest BCUT2D eigenvalue weighted by molar-refractivity contribution is 7.99. The fourth-order valence-electron chi connectivity index (χ4n) is 3.11. The minimum Gasteiger partial charge on any atom is -0.497 e. The molecule has 0 saturated heterocycles. The van der Waals surface area contributed by atoms with E-state index < -0.39 is 5.69 Å². The predicted octanol–water partition coefficient (Wildman–Crippen LogP) is 3.75. The van der Waals surface area contributed by atoms with Gasteiger partial charge in [0.05, 0.1) is 24.3 Å². The van der Waals surface area contributed by atoms with E-state index in [-0.39, 0.29) is 18.2 Å². The maximum absolute atomic E-state index is 12.6. The van der Waals surface area contributed by atoms with Crippen LogP contribution >= 0.6 is 11.8 Å². The first-order valence-corrected chi connectivity index (χ1v) is 10.3. The van der Waals surface area contributed by atoms with Crippen molar-refractivity contribution in [3.05, 3.63) is 86.6 Å². The van der Waals surface area contributed by atoms with Crippen LogP contribution < -0.4 is 16.0 Å². The zero-order valence-corrected chi connectivity index (χ0v) is 16.9. The standard InChI is InChI=1S/C22H22N2O4S/c1-27-17-9-11-18(12-10-17)29-21-19(16-7-8-16)20(25)23-22(26)24(21)14-28-13-15-5-3-2-4-6-15/h2-6,9-12,16H,7-8,13-14H2,1H3,(H,23,25,26). The van der Waals surface area contributed by atoms with Crippen LogP contribution in [0.25, 0.3) is 0 Å². The molecule has 1 aliphatic rings. The van der Waals surface area contributed by atoms with Gasteiger partial charge in [0.15, 0.2) is 0 Å². The molecule has 1 N–H and O–H groups in total. The van der Waals surface area contributed by atoms with Crippen molar-refractivity contribution in [3.8, 4) is 5.75 Å². The molecule has 1 aliphatic carbocycles. The molecule has 29 heavy (non-hydrogen) atoms. The third-order valence-electron chi connectivity index (χ3n) is 4.78.